The molecule has 0 aliphatic carbocycles. The highest BCUT2D eigenvalue weighted by Crippen LogP contribution is 2.37. The molecule has 2 rings (SSSR count). The molecule has 0 radical (unpaired) electrons. The highest BCUT2D eigenvalue weighted by atomic mass is 16.5. The lowest BCUT2D eigenvalue weighted by molar-refractivity contribution is -0.137. The van der Waals surface area contributed by atoms with Crippen LogP contribution in [0, 0.1) is 6.92 Å². The number of rotatable bonds is 6. The molecule has 0 fully saturated rings. The van der Waals surface area contributed by atoms with Crippen LogP contribution >= 0.6 is 0 Å². The molecule has 0 saturated heterocycles. The number of hydrogen-bond acceptors (Lipinski definition) is 2. The first-order valence-corrected chi connectivity index (χ1v) is 7.39. The summed E-state index contributed by atoms with van der Waals surface area (Å²) in [7, 11) is 1.64. The molecule has 1 unspecified atom stereocenters. The Morgan fingerprint density at radius 1 is 1.05 bits per heavy atom. The summed E-state index contributed by atoms with van der Waals surface area (Å²) in [5.74, 6) is 0.0279. The topological polar surface area (TPSA) is 46.5 Å². The Kier molecular flexibility index (Phi) is 4.86. The third kappa shape index (κ3) is 3.48. The predicted octanol–water partition coefficient (Wildman–Crippen LogP) is 4.17. The van der Waals surface area contributed by atoms with Crippen LogP contribution in [0.1, 0.15) is 36.5 Å². The minimum absolute atomic E-state index is 0.135. The number of carboxylic acid groups (broad SMARTS) is 1. The van der Waals surface area contributed by atoms with Gasteiger partial charge in [-0.1, -0.05) is 48.9 Å². The number of carboxylic acids is 1. The van der Waals surface area contributed by atoms with E-state index < -0.39 is 5.97 Å². The molecule has 22 heavy (non-hydrogen) atoms. The van der Waals surface area contributed by atoms with E-state index in [1.54, 1.807) is 7.11 Å². The van der Waals surface area contributed by atoms with Gasteiger partial charge in [0.1, 0.15) is 5.75 Å². The van der Waals surface area contributed by atoms with Crippen molar-refractivity contribution >= 4 is 5.97 Å². The number of benzene rings is 2. The minimum atomic E-state index is -0.771. The van der Waals surface area contributed by atoms with Crippen molar-refractivity contribution in [1.82, 2.24) is 0 Å². The van der Waals surface area contributed by atoms with E-state index in [0.717, 1.165) is 16.9 Å². The lowest BCUT2D eigenvalue weighted by Crippen LogP contribution is -2.25. The zero-order valence-electron chi connectivity index (χ0n) is 13.3. The number of hydrogen-bond donors (Lipinski definition) is 1. The van der Waals surface area contributed by atoms with Gasteiger partial charge in [-0.25, -0.2) is 0 Å². The SMILES string of the molecule is COc1ccc(C(C)(CCC(=O)O)c2ccc(C)cc2)cc1. The molecule has 0 heterocycles. The molecule has 0 saturated carbocycles. The maximum Gasteiger partial charge on any atom is 0.303 e. The number of aliphatic carboxylic acids is 1. The molecule has 2 aromatic rings. The van der Waals surface area contributed by atoms with Crippen LogP contribution in [0.3, 0.4) is 0 Å². The van der Waals surface area contributed by atoms with Crippen LogP contribution in [-0.2, 0) is 10.2 Å². The second-order valence-electron chi connectivity index (χ2n) is 5.82. The van der Waals surface area contributed by atoms with Gasteiger partial charge in [0.2, 0.25) is 0 Å². The second kappa shape index (κ2) is 6.65. The van der Waals surface area contributed by atoms with Crippen LogP contribution in [0.25, 0.3) is 0 Å². The molecule has 1 atom stereocenters. The molecule has 0 spiro atoms. The summed E-state index contributed by atoms with van der Waals surface area (Å²) in [6.07, 6.45) is 0.689. The van der Waals surface area contributed by atoms with Gasteiger partial charge in [0.25, 0.3) is 0 Å². The zero-order valence-corrected chi connectivity index (χ0v) is 13.3. The lowest BCUT2D eigenvalue weighted by Gasteiger charge is -2.31. The molecule has 0 amide bonds. The summed E-state index contributed by atoms with van der Waals surface area (Å²) >= 11 is 0. The summed E-state index contributed by atoms with van der Waals surface area (Å²) in [6.45, 7) is 4.15. The molecular formula is C19H22O3. The monoisotopic (exact) mass is 298 g/mol. The van der Waals surface area contributed by atoms with Crippen LogP contribution in [0.5, 0.6) is 5.75 Å². The maximum absolute atomic E-state index is 11.0. The number of ether oxygens (including phenoxy) is 1. The predicted molar refractivity (Wildman–Crippen MR) is 87.5 cm³/mol. The summed E-state index contributed by atoms with van der Waals surface area (Å²) in [5.41, 5.74) is 3.08. The third-order valence-corrected chi connectivity index (χ3v) is 4.25. The van der Waals surface area contributed by atoms with Crippen molar-refractivity contribution < 1.29 is 14.6 Å². The van der Waals surface area contributed by atoms with Crippen molar-refractivity contribution in [2.45, 2.75) is 32.1 Å². The van der Waals surface area contributed by atoms with E-state index in [1.165, 1.54) is 5.56 Å². The molecular weight excluding hydrogens is 276 g/mol. The van der Waals surface area contributed by atoms with Crippen LogP contribution < -0.4 is 4.74 Å². The fourth-order valence-corrected chi connectivity index (χ4v) is 2.69. The quantitative estimate of drug-likeness (QED) is 0.870. The van der Waals surface area contributed by atoms with Crippen LogP contribution in [0.2, 0.25) is 0 Å². The maximum atomic E-state index is 11.0. The largest absolute Gasteiger partial charge is 0.497 e. The fraction of sp³-hybridized carbons (Fsp3) is 0.316. The zero-order chi connectivity index (χ0) is 16.2. The van der Waals surface area contributed by atoms with Gasteiger partial charge in [0.05, 0.1) is 7.11 Å². The third-order valence-electron chi connectivity index (χ3n) is 4.25. The molecule has 0 bridgehead atoms. The van der Waals surface area contributed by atoms with Gasteiger partial charge >= 0.3 is 5.97 Å². The van der Waals surface area contributed by atoms with Gasteiger partial charge in [0.15, 0.2) is 0 Å². The molecule has 1 N–H and O–H groups in total. The molecule has 2 aromatic carbocycles. The molecule has 0 aromatic heterocycles. The minimum Gasteiger partial charge on any atom is -0.497 e. The smallest absolute Gasteiger partial charge is 0.303 e. The van der Waals surface area contributed by atoms with E-state index in [9.17, 15) is 4.79 Å². The van der Waals surface area contributed by atoms with Gasteiger partial charge in [-0.2, -0.15) is 0 Å². The van der Waals surface area contributed by atoms with E-state index in [0.29, 0.717) is 6.42 Å². The van der Waals surface area contributed by atoms with Crippen molar-refractivity contribution in [1.29, 1.82) is 0 Å². The fourth-order valence-electron chi connectivity index (χ4n) is 2.69. The van der Waals surface area contributed by atoms with Crippen LogP contribution in [0.4, 0.5) is 0 Å². The summed E-state index contributed by atoms with van der Waals surface area (Å²) < 4.78 is 5.21. The van der Waals surface area contributed by atoms with Crippen LogP contribution in [-0.4, -0.2) is 18.2 Å². The summed E-state index contributed by atoms with van der Waals surface area (Å²) in [5, 5.41) is 9.08. The molecule has 3 heteroatoms. The average Bonchev–Trinajstić information content (AvgIpc) is 2.53. The molecule has 116 valence electrons. The molecule has 3 nitrogen and oxygen atoms in total. The highest BCUT2D eigenvalue weighted by molar-refractivity contribution is 5.67. The van der Waals surface area contributed by atoms with Gasteiger partial charge in [-0.05, 0) is 36.6 Å². The highest BCUT2D eigenvalue weighted by Gasteiger charge is 2.29. The normalized spacial score (nSPS) is 13.4. The Balaban J connectivity index is 2.43. The second-order valence-corrected chi connectivity index (χ2v) is 5.82. The van der Waals surface area contributed by atoms with E-state index >= 15 is 0 Å². The molecule has 0 aliphatic heterocycles. The van der Waals surface area contributed by atoms with E-state index in [-0.39, 0.29) is 11.8 Å². The van der Waals surface area contributed by atoms with Crippen molar-refractivity contribution in [3.8, 4) is 5.75 Å². The Morgan fingerprint density at radius 2 is 1.55 bits per heavy atom. The first-order valence-electron chi connectivity index (χ1n) is 7.39. The number of aryl methyl sites for hydroxylation is 1. The van der Waals surface area contributed by atoms with E-state index in [1.807, 2.05) is 31.2 Å². The van der Waals surface area contributed by atoms with Gasteiger partial charge < -0.3 is 9.84 Å². The van der Waals surface area contributed by atoms with Crippen molar-refractivity contribution in [3.63, 3.8) is 0 Å². The van der Waals surface area contributed by atoms with Crippen LogP contribution in [0.15, 0.2) is 48.5 Å². The standard InChI is InChI=1S/C19H22O3/c1-14-4-6-15(7-5-14)19(2,13-12-18(20)21)16-8-10-17(22-3)11-9-16/h4-11H,12-13H2,1-3H3,(H,20,21). The first-order chi connectivity index (χ1) is 10.5. The lowest BCUT2D eigenvalue weighted by atomic mass is 9.73. The Morgan fingerprint density at radius 3 is 2.00 bits per heavy atom. The number of carbonyl (C=O) groups is 1. The van der Waals surface area contributed by atoms with E-state index in [2.05, 4.69) is 31.2 Å². The van der Waals surface area contributed by atoms with Crippen molar-refractivity contribution in [2.24, 2.45) is 0 Å². The van der Waals surface area contributed by atoms with Gasteiger partial charge in [0, 0.05) is 11.8 Å². The van der Waals surface area contributed by atoms with Crippen molar-refractivity contribution in [2.75, 3.05) is 7.11 Å². The number of methoxy groups -OCH3 is 1. The van der Waals surface area contributed by atoms with E-state index in [4.69, 9.17) is 9.84 Å². The average molecular weight is 298 g/mol. The van der Waals surface area contributed by atoms with Crippen molar-refractivity contribution in [3.05, 3.63) is 65.2 Å². The first kappa shape index (κ1) is 16.1. The van der Waals surface area contributed by atoms with Gasteiger partial charge in [-0.3, -0.25) is 4.79 Å². The molecule has 0 aliphatic rings. The summed E-state index contributed by atoms with van der Waals surface area (Å²) in [4.78, 5) is 11.0. The summed E-state index contributed by atoms with van der Waals surface area (Å²) in [6, 6.07) is 16.2. The Hall–Kier alpha value is -2.29. The Bertz CT molecular complexity index is 629. The van der Waals surface area contributed by atoms with Gasteiger partial charge in [-0.15, -0.1) is 0 Å². The Labute approximate surface area is 131 Å².